The molecule has 0 aliphatic carbocycles. The van der Waals surface area contributed by atoms with E-state index in [1.807, 2.05) is 12.1 Å². The number of primary amides is 1. The number of nitrogens with two attached hydrogens (primary N) is 1. The van der Waals surface area contributed by atoms with Crippen molar-refractivity contribution >= 4 is 17.3 Å². The zero-order valence-electron chi connectivity index (χ0n) is 6.64. The Morgan fingerprint density at radius 3 is 2.85 bits per heavy atom. The highest BCUT2D eigenvalue weighted by molar-refractivity contribution is 5.68. The standard InChI is InChI=1S/C6H5N3.CH3NO2/c1-2-5-6(7-3-1)9-4-8-5;2-1(3)4/h1-4H,(H,7,8,9);2H2,(H,3,4). The van der Waals surface area contributed by atoms with Gasteiger partial charge in [0, 0.05) is 6.20 Å². The lowest BCUT2D eigenvalue weighted by atomic mass is 10.4. The number of hydrogen-bond donors (Lipinski definition) is 3. The van der Waals surface area contributed by atoms with Crippen molar-refractivity contribution in [1.29, 1.82) is 0 Å². The summed E-state index contributed by atoms with van der Waals surface area (Å²) in [6.45, 7) is 0. The maximum absolute atomic E-state index is 8.78. The molecule has 2 aromatic rings. The molecule has 0 aromatic carbocycles. The number of carbonyl (C=O) groups is 1. The van der Waals surface area contributed by atoms with Crippen LogP contribution in [0.2, 0.25) is 0 Å². The average Bonchev–Trinajstić information content (AvgIpc) is 2.49. The Kier molecular flexibility index (Phi) is 2.80. The average molecular weight is 180 g/mol. The van der Waals surface area contributed by atoms with Crippen LogP contribution in [0.25, 0.3) is 11.2 Å². The zero-order chi connectivity index (χ0) is 9.68. The van der Waals surface area contributed by atoms with Gasteiger partial charge >= 0.3 is 6.09 Å². The van der Waals surface area contributed by atoms with Gasteiger partial charge in [-0.3, -0.25) is 0 Å². The van der Waals surface area contributed by atoms with Crippen LogP contribution in [0.1, 0.15) is 0 Å². The SMILES string of the molecule is NC(=O)O.c1cnc2nc[nH]c2c1. The van der Waals surface area contributed by atoms with Crippen LogP contribution >= 0.6 is 0 Å². The van der Waals surface area contributed by atoms with Gasteiger partial charge in [-0.15, -0.1) is 0 Å². The highest BCUT2D eigenvalue weighted by Gasteiger charge is 1.90. The van der Waals surface area contributed by atoms with Crippen molar-refractivity contribution in [3.8, 4) is 0 Å². The molecular formula is C7H8N4O2. The van der Waals surface area contributed by atoms with Crippen LogP contribution in [0.4, 0.5) is 4.79 Å². The highest BCUT2D eigenvalue weighted by Crippen LogP contribution is 2.01. The molecular weight excluding hydrogens is 172 g/mol. The Morgan fingerprint density at radius 1 is 1.54 bits per heavy atom. The van der Waals surface area contributed by atoms with Gasteiger partial charge in [0.2, 0.25) is 0 Å². The summed E-state index contributed by atoms with van der Waals surface area (Å²) >= 11 is 0. The number of aromatic amines is 1. The molecule has 2 rings (SSSR count). The van der Waals surface area contributed by atoms with Crippen molar-refractivity contribution in [2.75, 3.05) is 0 Å². The minimum Gasteiger partial charge on any atom is -0.465 e. The fourth-order valence-electron chi connectivity index (χ4n) is 0.775. The molecule has 1 amide bonds. The van der Waals surface area contributed by atoms with Crippen LogP contribution < -0.4 is 5.73 Å². The van der Waals surface area contributed by atoms with E-state index in [0.29, 0.717) is 0 Å². The molecule has 0 bridgehead atoms. The van der Waals surface area contributed by atoms with E-state index in [1.165, 1.54) is 0 Å². The van der Waals surface area contributed by atoms with Gasteiger partial charge < -0.3 is 15.8 Å². The molecule has 68 valence electrons. The third-order valence-electron chi connectivity index (χ3n) is 1.19. The molecule has 0 aliphatic heterocycles. The number of nitrogens with one attached hydrogen (secondary N) is 1. The third kappa shape index (κ3) is 2.78. The smallest absolute Gasteiger partial charge is 0.402 e. The third-order valence-corrected chi connectivity index (χ3v) is 1.19. The minimum atomic E-state index is -1.33. The number of fused-ring (bicyclic) bond motifs is 1. The van der Waals surface area contributed by atoms with Crippen molar-refractivity contribution in [1.82, 2.24) is 15.0 Å². The Balaban J connectivity index is 0.000000184. The van der Waals surface area contributed by atoms with E-state index in [0.717, 1.165) is 11.2 Å². The quantitative estimate of drug-likeness (QED) is 0.551. The van der Waals surface area contributed by atoms with E-state index in [2.05, 4.69) is 20.7 Å². The van der Waals surface area contributed by atoms with E-state index in [4.69, 9.17) is 9.90 Å². The van der Waals surface area contributed by atoms with E-state index in [-0.39, 0.29) is 0 Å². The van der Waals surface area contributed by atoms with Crippen molar-refractivity contribution < 1.29 is 9.90 Å². The first kappa shape index (κ1) is 8.98. The summed E-state index contributed by atoms with van der Waals surface area (Å²) in [4.78, 5) is 19.7. The Morgan fingerprint density at radius 2 is 2.23 bits per heavy atom. The monoisotopic (exact) mass is 180 g/mol. The van der Waals surface area contributed by atoms with Gasteiger partial charge in [-0.2, -0.15) is 0 Å². The second-order valence-electron chi connectivity index (χ2n) is 2.12. The highest BCUT2D eigenvalue weighted by atomic mass is 16.4. The number of nitrogens with zero attached hydrogens (tertiary/aromatic N) is 2. The number of aromatic nitrogens is 3. The number of imidazole rings is 1. The number of pyridine rings is 1. The van der Waals surface area contributed by atoms with Crippen LogP contribution in [0.5, 0.6) is 0 Å². The molecule has 0 saturated heterocycles. The van der Waals surface area contributed by atoms with Gasteiger partial charge in [0.1, 0.15) is 0 Å². The fraction of sp³-hybridized carbons (Fsp3) is 0. The lowest BCUT2D eigenvalue weighted by Crippen LogP contribution is -2.03. The second-order valence-corrected chi connectivity index (χ2v) is 2.12. The first-order valence-corrected chi connectivity index (χ1v) is 3.42. The van der Waals surface area contributed by atoms with E-state index >= 15 is 0 Å². The number of amides is 1. The molecule has 0 unspecified atom stereocenters. The molecule has 2 heterocycles. The van der Waals surface area contributed by atoms with Crippen LogP contribution in [-0.4, -0.2) is 26.2 Å². The van der Waals surface area contributed by atoms with E-state index in [1.54, 1.807) is 12.5 Å². The summed E-state index contributed by atoms with van der Waals surface area (Å²) < 4.78 is 0. The number of carboxylic acid groups (broad SMARTS) is 1. The molecule has 0 atom stereocenters. The molecule has 6 heteroatoms. The molecule has 0 spiro atoms. The summed E-state index contributed by atoms with van der Waals surface area (Å²) in [5.74, 6) is 0. The predicted octanol–water partition coefficient (Wildman–Crippen LogP) is 0.581. The first-order valence-electron chi connectivity index (χ1n) is 3.42. The van der Waals surface area contributed by atoms with Gasteiger partial charge in [0.05, 0.1) is 11.8 Å². The molecule has 0 fully saturated rings. The van der Waals surface area contributed by atoms with Crippen molar-refractivity contribution in [3.63, 3.8) is 0 Å². The lowest BCUT2D eigenvalue weighted by Gasteiger charge is -1.80. The van der Waals surface area contributed by atoms with Gasteiger partial charge in [-0.1, -0.05) is 0 Å². The normalized spacial score (nSPS) is 8.92. The molecule has 6 nitrogen and oxygen atoms in total. The molecule has 2 aromatic heterocycles. The largest absolute Gasteiger partial charge is 0.465 e. The Labute approximate surface area is 73.4 Å². The number of rotatable bonds is 0. The van der Waals surface area contributed by atoms with Crippen LogP contribution in [0, 0.1) is 0 Å². The summed E-state index contributed by atoms with van der Waals surface area (Å²) in [7, 11) is 0. The Bertz CT molecular complexity index is 364. The van der Waals surface area contributed by atoms with Crippen LogP contribution in [-0.2, 0) is 0 Å². The van der Waals surface area contributed by atoms with Crippen molar-refractivity contribution in [3.05, 3.63) is 24.7 Å². The van der Waals surface area contributed by atoms with Gasteiger partial charge in [-0.05, 0) is 12.1 Å². The molecule has 0 aliphatic rings. The van der Waals surface area contributed by atoms with E-state index in [9.17, 15) is 0 Å². The second kappa shape index (κ2) is 4.05. The van der Waals surface area contributed by atoms with Gasteiger partial charge in [0.25, 0.3) is 0 Å². The molecule has 4 N–H and O–H groups in total. The number of H-pyrrole nitrogens is 1. The zero-order valence-corrected chi connectivity index (χ0v) is 6.64. The topological polar surface area (TPSA) is 105 Å². The summed E-state index contributed by atoms with van der Waals surface area (Å²) in [5.41, 5.74) is 5.79. The van der Waals surface area contributed by atoms with Crippen molar-refractivity contribution in [2.45, 2.75) is 0 Å². The molecule has 0 radical (unpaired) electrons. The van der Waals surface area contributed by atoms with Gasteiger partial charge in [-0.25, -0.2) is 14.8 Å². The van der Waals surface area contributed by atoms with Crippen LogP contribution in [0.15, 0.2) is 24.7 Å². The lowest BCUT2D eigenvalue weighted by molar-refractivity contribution is 0.205. The van der Waals surface area contributed by atoms with Crippen molar-refractivity contribution in [2.24, 2.45) is 5.73 Å². The number of hydrogen-bond acceptors (Lipinski definition) is 3. The summed E-state index contributed by atoms with van der Waals surface area (Å²) in [6, 6.07) is 3.82. The van der Waals surface area contributed by atoms with E-state index < -0.39 is 6.09 Å². The molecule has 13 heavy (non-hydrogen) atoms. The summed E-state index contributed by atoms with van der Waals surface area (Å²) in [5, 5.41) is 7.19. The molecule has 0 saturated carbocycles. The maximum atomic E-state index is 8.78. The maximum Gasteiger partial charge on any atom is 0.402 e. The summed E-state index contributed by atoms with van der Waals surface area (Å²) in [6.07, 6.45) is 2.03. The van der Waals surface area contributed by atoms with Crippen LogP contribution in [0.3, 0.4) is 0 Å². The minimum absolute atomic E-state index is 0.775. The Hall–Kier alpha value is -2.11. The predicted molar refractivity (Wildman–Crippen MR) is 46.1 cm³/mol. The first-order chi connectivity index (χ1) is 6.20. The fourth-order valence-corrected chi connectivity index (χ4v) is 0.775. The van der Waals surface area contributed by atoms with Gasteiger partial charge in [0.15, 0.2) is 5.65 Å².